The van der Waals surface area contributed by atoms with E-state index in [1.807, 2.05) is 0 Å². The number of rotatable bonds is 2. The number of carbonyl (C=O) groups excluding carboxylic acids is 2. The van der Waals surface area contributed by atoms with E-state index in [-0.39, 0.29) is 16.8 Å². The summed E-state index contributed by atoms with van der Waals surface area (Å²) >= 11 is 5.29. The lowest BCUT2D eigenvalue weighted by molar-refractivity contribution is -0.145. The minimum Gasteiger partial charge on any atom is -0.322 e. The average Bonchev–Trinajstić information content (AvgIpc) is 2.79. The second kappa shape index (κ2) is 5.72. The Morgan fingerprint density at radius 2 is 1.96 bits per heavy atom. The van der Waals surface area contributed by atoms with Gasteiger partial charge in [-0.1, -0.05) is 17.7 Å². The summed E-state index contributed by atoms with van der Waals surface area (Å²) in [4.78, 5) is 30.4. The molecule has 24 heavy (non-hydrogen) atoms. The van der Waals surface area contributed by atoms with Gasteiger partial charge in [-0.2, -0.15) is 13.2 Å². The highest BCUT2D eigenvalue weighted by Gasteiger charge is 2.38. The Kier molecular flexibility index (Phi) is 3.84. The maximum Gasteiger partial charge on any atom is 0.451 e. The molecule has 0 bridgehead atoms. The SMILES string of the molecule is O=C(/C=C/Cl)Nc1ccc2c(c1)C(=O)c1nc(C(F)(F)F)ncc1-2. The average molecular weight is 354 g/mol. The van der Waals surface area contributed by atoms with Gasteiger partial charge in [-0.3, -0.25) is 9.59 Å². The predicted octanol–water partition coefficient (Wildman–Crippen LogP) is 3.40. The fourth-order valence-corrected chi connectivity index (χ4v) is 2.42. The van der Waals surface area contributed by atoms with Crippen molar-refractivity contribution in [2.75, 3.05) is 5.32 Å². The molecule has 0 fully saturated rings. The Balaban J connectivity index is 2.00. The van der Waals surface area contributed by atoms with E-state index in [0.717, 1.165) is 17.8 Å². The van der Waals surface area contributed by atoms with Crippen molar-refractivity contribution in [2.24, 2.45) is 0 Å². The molecule has 5 nitrogen and oxygen atoms in total. The van der Waals surface area contributed by atoms with Crippen molar-refractivity contribution >= 4 is 29.0 Å². The van der Waals surface area contributed by atoms with Crippen LogP contribution in [0.15, 0.2) is 36.0 Å². The fourth-order valence-electron chi connectivity index (χ4n) is 2.30. The van der Waals surface area contributed by atoms with Crippen LogP contribution in [-0.2, 0) is 11.0 Å². The first-order chi connectivity index (χ1) is 11.3. The van der Waals surface area contributed by atoms with Crippen molar-refractivity contribution in [1.82, 2.24) is 9.97 Å². The Morgan fingerprint density at radius 1 is 1.21 bits per heavy atom. The molecule has 0 radical (unpaired) electrons. The number of aromatic nitrogens is 2. The number of nitrogens with one attached hydrogen (secondary N) is 1. The highest BCUT2D eigenvalue weighted by atomic mass is 35.5. The van der Waals surface area contributed by atoms with E-state index >= 15 is 0 Å². The zero-order chi connectivity index (χ0) is 17.5. The molecule has 1 heterocycles. The fraction of sp³-hybridized carbons (Fsp3) is 0.0667. The lowest BCUT2D eigenvalue weighted by atomic mass is 10.1. The number of benzene rings is 1. The predicted molar refractivity (Wildman–Crippen MR) is 79.5 cm³/mol. The molecule has 0 atom stereocenters. The lowest BCUT2D eigenvalue weighted by Crippen LogP contribution is -2.13. The third-order valence-electron chi connectivity index (χ3n) is 3.29. The van der Waals surface area contributed by atoms with E-state index in [0.29, 0.717) is 11.3 Å². The van der Waals surface area contributed by atoms with Gasteiger partial charge in [-0.25, -0.2) is 9.97 Å². The number of anilines is 1. The van der Waals surface area contributed by atoms with Gasteiger partial charge in [0, 0.05) is 34.6 Å². The van der Waals surface area contributed by atoms with E-state index in [2.05, 4.69) is 15.3 Å². The van der Waals surface area contributed by atoms with E-state index in [1.54, 1.807) is 0 Å². The third kappa shape index (κ3) is 2.76. The summed E-state index contributed by atoms with van der Waals surface area (Å²) in [5.41, 5.74) is 1.80. The number of carbonyl (C=O) groups is 2. The minimum absolute atomic E-state index is 0.145. The molecular weight excluding hydrogens is 347 g/mol. The van der Waals surface area contributed by atoms with Gasteiger partial charge in [0.15, 0.2) is 0 Å². The summed E-state index contributed by atoms with van der Waals surface area (Å²) in [5.74, 6) is -2.54. The zero-order valence-electron chi connectivity index (χ0n) is 11.7. The standard InChI is InChI=1S/C15H7ClF3N3O2/c16-4-3-11(23)21-7-1-2-8-9(5-7)13(24)12-10(8)6-20-14(22-12)15(17,18)19/h1-6H,(H,21,23)/b4-3+. The molecule has 0 saturated heterocycles. The van der Waals surface area contributed by atoms with Gasteiger partial charge in [-0.05, 0) is 17.7 Å². The van der Waals surface area contributed by atoms with Crippen LogP contribution in [-0.4, -0.2) is 21.7 Å². The number of halogens is 4. The number of fused-ring (bicyclic) bond motifs is 3. The van der Waals surface area contributed by atoms with Crippen LogP contribution in [0.25, 0.3) is 11.1 Å². The second-order valence-corrected chi connectivity index (χ2v) is 5.08. The molecule has 1 N–H and O–H groups in total. The largest absolute Gasteiger partial charge is 0.451 e. The summed E-state index contributed by atoms with van der Waals surface area (Å²) in [6.07, 6.45) is -2.69. The van der Waals surface area contributed by atoms with E-state index in [9.17, 15) is 22.8 Å². The minimum atomic E-state index is -4.74. The summed E-state index contributed by atoms with van der Waals surface area (Å²) < 4.78 is 38.1. The molecule has 0 spiro atoms. The van der Waals surface area contributed by atoms with Gasteiger partial charge in [0.05, 0.1) is 0 Å². The van der Waals surface area contributed by atoms with E-state index in [4.69, 9.17) is 11.6 Å². The first-order valence-electron chi connectivity index (χ1n) is 6.52. The third-order valence-corrected chi connectivity index (χ3v) is 3.42. The van der Waals surface area contributed by atoms with Crippen molar-refractivity contribution in [3.8, 4) is 11.1 Å². The van der Waals surface area contributed by atoms with Gasteiger partial charge in [0.1, 0.15) is 5.69 Å². The quantitative estimate of drug-likeness (QED) is 0.717. The van der Waals surface area contributed by atoms with Crippen molar-refractivity contribution in [3.63, 3.8) is 0 Å². The molecule has 0 aliphatic heterocycles. The van der Waals surface area contributed by atoms with Gasteiger partial charge in [0.25, 0.3) is 0 Å². The first kappa shape index (κ1) is 16.1. The number of nitrogens with zero attached hydrogens (tertiary/aromatic N) is 2. The van der Waals surface area contributed by atoms with Crippen LogP contribution in [0.1, 0.15) is 21.9 Å². The Hall–Kier alpha value is -2.74. The van der Waals surface area contributed by atoms with Crippen molar-refractivity contribution in [3.05, 3.63) is 53.1 Å². The Morgan fingerprint density at radius 3 is 2.62 bits per heavy atom. The number of hydrogen-bond acceptors (Lipinski definition) is 4. The topological polar surface area (TPSA) is 72.0 Å². The summed E-state index contributed by atoms with van der Waals surface area (Å²) in [6.45, 7) is 0. The maximum atomic E-state index is 12.7. The Labute approximate surface area is 138 Å². The van der Waals surface area contributed by atoms with Crippen LogP contribution in [0.4, 0.5) is 18.9 Å². The molecule has 0 saturated carbocycles. The van der Waals surface area contributed by atoms with Crippen LogP contribution >= 0.6 is 11.6 Å². The molecule has 1 aliphatic carbocycles. The summed E-state index contributed by atoms with van der Waals surface area (Å²) in [6, 6.07) is 4.39. The molecule has 1 aromatic heterocycles. The second-order valence-electron chi connectivity index (χ2n) is 4.83. The van der Waals surface area contributed by atoms with Crippen LogP contribution in [0, 0.1) is 0 Å². The lowest BCUT2D eigenvalue weighted by Gasteiger charge is -2.06. The molecule has 122 valence electrons. The van der Waals surface area contributed by atoms with Crippen molar-refractivity contribution in [2.45, 2.75) is 6.18 Å². The zero-order valence-corrected chi connectivity index (χ0v) is 12.4. The molecule has 1 aromatic carbocycles. The van der Waals surface area contributed by atoms with Crippen LogP contribution < -0.4 is 5.32 Å². The number of alkyl halides is 3. The molecule has 9 heteroatoms. The van der Waals surface area contributed by atoms with Crippen molar-refractivity contribution in [1.29, 1.82) is 0 Å². The molecule has 3 rings (SSSR count). The number of hydrogen-bond donors (Lipinski definition) is 1. The summed E-state index contributed by atoms with van der Waals surface area (Å²) in [7, 11) is 0. The normalized spacial score (nSPS) is 13.1. The van der Waals surface area contributed by atoms with Gasteiger partial charge in [-0.15, -0.1) is 0 Å². The van der Waals surface area contributed by atoms with E-state index < -0.39 is 23.7 Å². The van der Waals surface area contributed by atoms with Crippen LogP contribution in [0.3, 0.4) is 0 Å². The first-order valence-corrected chi connectivity index (χ1v) is 6.96. The smallest absolute Gasteiger partial charge is 0.322 e. The number of ketones is 1. The van der Waals surface area contributed by atoms with Crippen LogP contribution in [0.5, 0.6) is 0 Å². The van der Waals surface area contributed by atoms with Gasteiger partial charge < -0.3 is 5.32 Å². The number of amides is 1. The molecule has 1 aliphatic rings. The molecule has 0 unspecified atom stereocenters. The monoisotopic (exact) mass is 353 g/mol. The molecule has 2 aromatic rings. The highest BCUT2D eigenvalue weighted by molar-refractivity contribution is 6.27. The maximum absolute atomic E-state index is 12.7. The molecule has 1 amide bonds. The molecular formula is C15H7ClF3N3O2. The van der Waals surface area contributed by atoms with Crippen molar-refractivity contribution < 1.29 is 22.8 Å². The van der Waals surface area contributed by atoms with E-state index in [1.165, 1.54) is 18.2 Å². The Bertz CT molecular complexity index is 894. The van der Waals surface area contributed by atoms with Gasteiger partial charge in [0.2, 0.25) is 17.5 Å². The van der Waals surface area contributed by atoms with Crippen LogP contribution in [0.2, 0.25) is 0 Å². The summed E-state index contributed by atoms with van der Waals surface area (Å²) in [5, 5.41) is 2.48. The van der Waals surface area contributed by atoms with Gasteiger partial charge >= 0.3 is 6.18 Å². The highest BCUT2D eigenvalue weighted by Crippen LogP contribution is 2.38.